The molecular weight excluding hydrogens is 508 g/mol. The molecule has 4 nitrogen and oxygen atoms in total. The lowest BCUT2D eigenvalue weighted by atomic mass is 9.64. The predicted octanol–water partition coefficient (Wildman–Crippen LogP) is 8.21. The Bertz CT molecular complexity index is 1780. The van der Waals surface area contributed by atoms with E-state index in [1.54, 1.807) is 0 Å². The molecule has 0 atom stereocenters. The summed E-state index contributed by atoms with van der Waals surface area (Å²) in [6.07, 6.45) is 0. The molecular formula is C37H26O4. The average Bonchev–Trinajstić information content (AvgIpc) is 3.31. The summed E-state index contributed by atoms with van der Waals surface area (Å²) in [5.41, 5.74) is 6.87. The van der Waals surface area contributed by atoms with Gasteiger partial charge in [-0.05, 0) is 56.6 Å². The van der Waals surface area contributed by atoms with Gasteiger partial charge in [-0.2, -0.15) is 0 Å². The summed E-state index contributed by atoms with van der Waals surface area (Å²) < 4.78 is 0. The van der Waals surface area contributed by atoms with Crippen LogP contribution in [0.3, 0.4) is 0 Å². The first-order valence-corrected chi connectivity index (χ1v) is 13.4. The van der Waals surface area contributed by atoms with Gasteiger partial charge in [0.05, 0.1) is 5.41 Å². The van der Waals surface area contributed by atoms with E-state index in [-0.39, 0.29) is 23.0 Å². The zero-order valence-electron chi connectivity index (χ0n) is 22.0. The van der Waals surface area contributed by atoms with Crippen LogP contribution in [-0.2, 0) is 5.41 Å². The Morgan fingerprint density at radius 3 is 1.12 bits per heavy atom. The molecule has 0 spiro atoms. The number of phenols is 4. The number of phenolic OH excluding ortho intramolecular Hbond substituents is 4. The minimum Gasteiger partial charge on any atom is -0.504 e. The topological polar surface area (TPSA) is 80.9 Å². The molecule has 0 saturated heterocycles. The first kappa shape index (κ1) is 24.6. The summed E-state index contributed by atoms with van der Waals surface area (Å²) in [7, 11) is 0. The van der Waals surface area contributed by atoms with Crippen LogP contribution in [0, 0.1) is 0 Å². The van der Waals surface area contributed by atoms with E-state index in [9.17, 15) is 20.4 Å². The summed E-state index contributed by atoms with van der Waals surface area (Å²) in [4.78, 5) is 0. The molecule has 4 heteroatoms. The first-order valence-electron chi connectivity index (χ1n) is 13.4. The van der Waals surface area contributed by atoms with E-state index in [2.05, 4.69) is 24.3 Å². The van der Waals surface area contributed by atoms with E-state index in [1.165, 1.54) is 12.1 Å². The molecule has 7 rings (SSSR count). The van der Waals surface area contributed by atoms with Crippen LogP contribution >= 0.6 is 0 Å². The van der Waals surface area contributed by atoms with Crippen molar-refractivity contribution < 1.29 is 20.4 Å². The van der Waals surface area contributed by atoms with Crippen LogP contribution in [0.15, 0.2) is 133 Å². The maximum Gasteiger partial charge on any atom is 0.165 e. The predicted molar refractivity (Wildman–Crippen MR) is 161 cm³/mol. The lowest BCUT2D eigenvalue weighted by Gasteiger charge is -2.37. The Kier molecular flexibility index (Phi) is 5.58. The zero-order valence-corrected chi connectivity index (χ0v) is 22.0. The molecule has 0 aromatic heterocycles. The summed E-state index contributed by atoms with van der Waals surface area (Å²) in [5, 5.41) is 44.5. The van der Waals surface area contributed by atoms with Crippen LogP contribution in [0.2, 0.25) is 0 Å². The Morgan fingerprint density at radius 1 is 0.341 bits per heavy atom. The highest BCUT2D eigenvalue weighted by Crippen LogP contribution is 2.61. The highest BCUT2D eigenvalue weighted by molar-refractivity contribution is 5.93. The Labute approximate surface area is 237 Å². The third-order valence-electron chi connectivity index (χ3n) is 8.20. The molecule has 1 aliphatic rings. The minimum absolute atomic E-state index is 0.223. The van der Waals surface area contributed by atoms with Crippen LogP contribution in [0.5, 0.6) is 23.0 Å². The van der Waals surface area contributed by atoms with Crippen molar-refractivity contribution in [2.24, 2.45) is 0 Å². The van der Waals surface area contributed by atoms with Crippen LogP contribution < -0.4 is 0 Å². The monoisotopic (exact) mass is 534 g/mol. The lowest BCUT2D eigenvalue weighted by Crippen LogP contribution is -2.30. The number of rotatable bonds is 4. The van der Waals surface area contributed by atoms with Gasteiger partial charge in [-0.25, -0.2) is 0 Å². The molecule has 0 bridgehead atoms. The summed E-state index contributed by atoms with van der Waals surface area (Å²) >= 11 is 0. The van der Waals surface area contributed by atoms with Crippen molar-refractivity contribution >= 4 is 0 Å². The Morgan fingerprint density at radius 2 is 0.707 bits per heavy atom. The second-order valence-electron chi connectivity index (χ2n) is 10.3. The molecule has 41 heavy (non-hydrogen) atoms. The molecule has 198 valence electrons. The fourth-order valence-corrected chi connectivity index (χ4v) is 6.54. The van der Waals surface area contributed by atoms with E-state index >= 15 is 0 Å². The van der Waals surface area contributed by atoms with Gasteiger partial charge in [0.1, 0.15) is 0 Å². The van der Waals surface area contributed by atoms with Crippen molar-refractivity contribution in [3.05, 3.63) is 156 Å². The van der Waals surface area contributed by atoms with Gasteiger partial charge in [-0.1, -0.05) is 121 Å². The first-order chi connectivity index (χ1) is 20.0. The van der Waals surface area contributed by atoms with Crippen molar-refractivity contribution in [1.29, 1.82) is 0 Å². The van der Waals surface area contributed by atoms with Gasteiger partial charge < -0.3 is 20.4 Å². The van der Waals surface area contributed by atoms with Gasteiger partial charge in [0.25, 0.3) is 0 Å². The second-order valence-corrected chi connectivity index (χ2v) is 10.3. The van der Waals surface area contributed by atoms with Gasteiger partial charge in [0.2, 0.25) is 0 Å². The van der Waals surface area contributed by atoms with Crippen LogP contribution in [-0.4, -0.2) is 20.4 Å². The maximum atomic E-state index is 11.5. The van der Waals surface area contributed by atoms with Gasteiger partial charge in [-0.3, -0.25) is 0 Å². The Balaban J connectivity index is 1.74. The molecule has 1 aliphatic carbocycles. The third kappa shape index (κ3) is 3.47. The summed E-state index contributed by atoms with van der Waals surface area (Å²) in [5.74, 6) is -0.892. The number of hydrogen-bond acceptors (Lipinski definition) is 4. The van der Waals surface area contributed by atoms with E-state index in [0.717, 1.165) is 44.5 Å². The largest absolute Gasteiger partial charge is 0.504 e. The van der Waals surface area contributed by atoms with Crippen LogP contribution in [0.25, 0.3) is 33.4 Å². The average molecular weight is 535 g/mol. The number of aromatic hydroxyl groups is 4. The van der Waals surface area contributed by atoms with Crippen molar-refractivity contribution in [2.75, 3.05) is 0 Å². The van der Waals surface area contributed by atoms with Gasteiger partial charge in [-0.15, -0.1) is 0 Å². The fourth-order valence-electron chi connectivity index (χ4n) is 6.54. The minimum atomic E-state index is -1.04. The van der Waals surface area contributed by atoms with Crippen molar-refractivity contribution in [1.82, 2.24) is 0 Å². The standard InChI is InChI=1S/C37H26O4/c38-31-21-19-29(33(35(31)40)23-11-3-1-4-12-23)37(27-17-9-7-15-25(27)26-16-8-10-18-28(26)37)30-20-22-32(39)36(41)34(30)24-13-5-2-6-14-24/h1-22,38-41H. The van der Waals surface area contributed by atoms with Gasteiger partial charge in [0.15, 0.2) is 23.0 Å². The summed E-state index contributed by atoms with van der Waals surface area (Å²) in [6, 6.07) is 42.1. The quantitative estimate of drug-likeness (QED) is 0.172. The van der Waals surface area contributed by atoms with Crippen molar-refractivity contribution in [2.45, 2.75) is 5.41 Å². The fraction of sp³-hybridized carbons (Fsp3) is 0.0270. The lowest BCUT2D eigenvalue weighted by molar-refractivity contribution is 0.403. The third-order valence-corrected chi connectivity index (χ3v) is 8.20. The van der Waals surface area contributed by atoms with Crippen LogP contribution in [0.1, 0.15) is 22.3 Å². The second kappa shape index (κ2) is 9.32. The van der Waals surface area contributed by atoms with E-state index in [0.29, 0.717) is 11.1 Å². The highest BCUT2D eigenvalue weighted by atomic mass is 16.3. The van der Waals surface area contributed by atoms with E-state index in [4.69, 9.17) is 0 Å². The molecule has 6 aromatic rings. The highest BCUT2D eigenvalue weighted by Gasteiger charge is 2.49. The Hall–Kier alpha value is -5.48. The number of fused-ring (bicyclic) bond motifs is 3. The maximum absolute atomic E-state index is 11.5. The summed E-state index contributed by atoms with van der Waals surface area (Å²) in [6.45, 7) is 0. The molecule has 0 unspecified atom stereocenters. The SMILES string of the molecule is Oc1ccc(C2(c3ccc(O)c(O)c3-c3ccccc3)c3ccccc3-c3ccccc32)c(-c2ccccc2)c1O. The molecule has 0 heterocycles. The molecule has 0 amide bonds. The zero-order chi connectivity index (χ0) is 28.1. The number of benzene rings is 6. The molecule has 0 fully saturated rings. The van der Waals surface area contributed by atoms with Gasteiger partial charge >= 0.3 is 0 Å². The van der Waals surface area contributed by atoms with Crippen molar-refractivity contribution in [3.8, 4) is 56.4 Å². The molecule has 4 N–H and O–H groups in total. The number of hydrogen-bond donors (Lipinski definition) is 4. The van der Waals surface area contributed by atoms with Gasteiger partial charge in [0, 0.05) is 11.1 Å². The van der Waals surface area contributed by atoms with E-state index in [1.807, 2.05) is 97.1 Å². The molecule has 0 saturated carbocycles. The molecule has 0 radical (unpaired) electrons. The normalized spacial score (nSPS) is 13.0. The van der Waals surface area contributed by atoms with Crippen molar-refractivity contribution in [3.63, 3.8) is 0 Å². The smallest absolute Gasteiger partial charge is 0.165 e. The molecule has 0 aliphatic heterocycles. The van der Waals surface area contributed by atoms with Crippen LogP contribution in [0.4, 0.5) is 0 Å². The van der Waals surface area contributed by atoms with E-state index < -0.39 is 5.41 Å². The molecule has 6 aromatic carbocycles.